The summed E-state index contributed by atoms with van der Waals surface area (Å²) in [6.45, 7) is 2.99. The third-order valence-corrected chi connectivity index (χ3v) is 7.18. The maximum Gasteiger partial charge on any atom is 0.291 e. The minimum absolute atomic E-state index is 0.0446. The Bertz CT molecular complexity index is 1750. The summed E-state index contributed by atoms with van der Waals surface area (Å²) in [7, 11) is 0. The Hall–Kier alpha value is -4.55. The molecule has 1 unspecified atom stereocenters. The van der Waals surface area contributed by atoms with Crippen LogP contribution in [0.25, 0.3) is 11.0 Å². The van der Waals surface area contributed by atoms with Crippen LogP contribution in [0.3, 0.4) is 0 Å². The largest absolute Gasteiger partial charge is 0.490 e. The summed E-state index contributed by atoms with van der Waals surface area (Å²) in [5.41, 5.74) is 3.00. The zero-order valence-corrected chi connectivity index (χ0v) is 22.6. The van der Waals surface area contributed by atoms with Crippen LogP contribution in [0.2, 0.25) is 5.02 Å². The standard InChI is InChI=1S/C33H26ClNO5/c1-2-38-28-17-23(13-15-27(28)39-20-22-11-7-4-8-12-22)30-29-31(36)25-18-24(34)14-16-26(25)40-32(29)33(37)35(30)19-21-9-5-3-6-10-21/h3-18,30H,2,19-20H2,1H3. The van der Waals surface area contributed by atoms with Crippen LogP contribution in [0.5, 0.6) is 11.5 Å². The topological polar surface area (TPSA) is 69.0 Å². The number of fused-ring (bicyclic) bond motifs is 2. The van der Waals surface area contributed by atoms with E-state index in [0.29, 0.717) is 52.8 Å². The normalized spacial score (nSPS) is 14.4. The van der Waals surface area contributed by atoms with E-state index in [2.05, 4.69) is 0 Å². The molecule has 5 aromatic rings. The molecule has 0 saturated carbocycles. The second-order valence-electron chi connectivity index (χ2n) is 9.55. The molecule has 1 aliphatic heterocycles. The van der Waals surface area contributed by atoms with Gasteiger partial charge in [-0.15, -0.1) is 0 Å². The monoisotopic (exact) mass is 551 g/mol. The van der Waals surface area contributed by atoms with E-state index in [1.165, 1.54) is 0 Å². The van der Waals surface area contributed by atoms with Crippen LogP contribution in [0, 0.1) is 0 Å². The van der Waals surface area contributed by atoms with Crippen molar-refractivity contribution < 1.29 is 18.7 Å². The van der Waals surface area contributed by atoms with Gasteiger partial charge >= 0.3 is 0 Å². The van der Waals surface area contributed by atoms with Gasteiger partial charge in [0.15, 0.2) is 16.9 Å². The molecule has 6 rings (SSSR count). The molecule has 40 heavy (non-hydrogen) atoms. The summed E-state index contributed by atoms with van der Waals surface area (Å²) in [5, 5.41) is 0.749. The first-order valence-electron chi connectivity index (χ1n) is 13.1. The number of rotatable bonds is 8. The Morgan fingerprint density at radius 1 is 0.825 bits per heavy atom. The van der Waals surface area contributed by atoms with Crippen LogP contribution in [0.4, 0.5) is 0 Å². The van der Waals surface area contributed by atoms with Gasteiger partial charge in [-0.05, 0) is 53.9 Å². The molecule has 6 nitrogen and oxygen atoms in total. The molecule has 2 heterocycles. The van der Waals surface area contributed by atoms with Crippen molar-refractivity contribution in [2.45, 2.75) is 26.1 Å². The Kier molecular flexibility index (Phi) is 7.01. The molecule has 200 valence electrons. The van der Waals surface area contributed by atoms with E-state index in [9.17, 15) is 9.59 Å². The van der Waals surface area contributed by atoms with Crippen LogP contribution in [-0.4, -0.2) is 17.4 Å². The van der Waals surface area contributed by atoms with Crippen LogP contribution in [0.1, 0.15) is 45.8 Å². The highest BCUT2D eigenvalue weighted by molar-refractivity contribution is 6.31. The van der Waals surface area contributed by atoms with Gasteiger partial charge in [-0.2, -0.15) is 0 Å². The summed E-state index contributed by atoms with van der Waals surface area (Å²) in [6, 6.07) is 29.2. The zero-order valence-electron chi connectivity index (χ0n) is 21.8. The first-order valence-corrected chi connectivity index (χ1v) is 13.5. The Morgan fingerprint density at radius 2 is 1.55 bits per heavy atom. The van der Waals surface area contributed by atoms with Gasteiger partial charge in [0, 0.05) is 11.6 Å². The summed E-state index contributed by atoms with van der Waals surface area (Å²) in [5.74, 6) is 0.805. The van der Waals surface area contributed by atoms with Crippen LogP contribution in [-0.2, 0) is 13.2 Å². The summed E-state index contributed by atoms with van der Waals surface area (Å²) >= 11 is 6.22. The summed E-state index contributed by atoms with van der Waals surface area (Å²) < 4.78 is 18.1. The van der Waals surface area contributed by atoms with Crippen molar-refractivity contribution in [3.63, 3.8) is 0 Å². The van der Waals surface area contributed by atoms with E-state index in [0.717, 1.165) is 11.1 Å². The third kappa shape index (κ3) is 4.82. The molecule has 0 radical (unpaired) electrons. The van der Waals surface area contributed by atoms with Crippen molar-refractivity contribution >= 4 is 28.5 Å². The number of halogens is 1. The van der Waals surface area contributed by atoms with Gasteiger partial charge in [-0.25, -0.2) is 0 Å². The molecule has 7 heteroatoms. The van der Waals surface area contributed by atoms with Crippen LogP contribution < -0.4 is 14.9 Å². The number of nitrogens with zero attached hydrogens (tertiary/aromatic N) is 1. The molecule has 0 bridgehead atoms. The van der Waals surface area contributed by atoms with Crippen molar-refractivity contribution in [3.05, 3.63) is 140 Å². The Balaban J connectivity index is 1.46. The number of hydrogen-bond acceptors (Lipinski definition) is 5. The van der Waals surface area contributed by atoms with Gasteiger partial charge in [-0.3, -0.25) is 9.59 Å². The van der Waals surface area contributed by atoms with Crippen molar-refractivity contribution in [2.24, 2.45) is 0 Å². The lowest BCUT2D eigenvalue weighted by atomic mass is 9.97. The van der Waals surface area contributed by atoms with E-state index in [4.69, 9.17) is 25.5 Å². The quantitative estimate of drug-likeness (QED) is 0.204. The fourth-order valence-electron chi connectivity index (χ4n) is 5.10. The second-order valence-corrected chi connectivity index (χ2v) is 9.99. The van der Waals surface area contributed by atoms with E-state index >= 15 is 0 Å². The predicted molar refractivity (Wildman–Crippen MR) is 154 cm³/mol. The molecular formula is C33H26ClNO5. The van der Waals surface area contributed by atoms with E-state index in [1.807, 2.05) is 85.8 Å². The van der Waals surface area contributed by atoms with Crippen molar-refractivity contribution in [3.8, 4) is 11.5 Å². The summed E-state index contributed by atoms with van der Waals surface area (Å²) in [4.78, 5) is 29.3. The minimum Gasteiger partial charge on any atom is -0.490 e. The molecule has 4 aromatic carbocycles. The molecule has 1 aromatic heterocycles. The van der Waals surface area contributed by atoms with Crippen LogP contribution >= 0.6 is 11.6 Å². The lowest BCUT2D eigenvalue weighted by Crippen LogP contribution is -2.29. The molecule has 0 saturated heterocycles. The average Bonchev–Trinajstić information content (AvgIpc) is 3.25. The molecule has 0 spiro atoms. The Morgan fingerprint density at radius 3 is 2.27 bits per heavy atom. The smallest absolute Gasteiger partial charge is 0.291 e. The summed E-state index contributed by atoms with van der Waals surface area (Å²) in [6.07, 6.45) is 0. The lowest BCUT2D eigenvalue weighted by molar-refractivity contribution is 0.0714. The maximum atomic E-state index is 13.9. The highest BCUT2D eigenvalue weighted by Crippen LogP contribution is 2.42. The average molecular weight is 552 g/mol. The van der Waals surface area contributed by atoms with Gasteiger partial charge in [0.05, 0.1) is 23.6 Å². The molecule has 0 N–H and O–H groups in total. The van der Waals surface area contributed by atoms with Crippen molar-refractivity contribution in [1.82, 2.24) is 4.90 Å². The molecule has 0 fully saturated rings. The number of hydrogen-bond donors (Lipinski definition) is 0. The fraction of sp³-hybridized carbons (Fsp3) is 0.152. The van der Waals surface area contributed by atoms with Gasteiger partial charge in [-0.1, -0.05) is 78.3 Å². The van der Waals surface area contributed by atoms with E-state index in [-0.39, 0.29) is 22.7 Å². The maximum absolute atomic E-state index is 13.9. The van der Waals surface area contributed by atoms with E-state index < -0.39 is 6.04 Å². The highest BCUT2D eigenvalue weighted by atomic mass is 35.5. The number of benzene rings is 4. The van der Waals surface area contributed by atoms with Crippen molar-refractivity contribution in [2.75, 3.05) is 6.61 Å². The fourth-order valence-corrected chi connectivity index (χ4v) is 5.27. The molecule has 1 amide bonds. The van der Waals surface area contributed by atoms with Gasteiger partial charge in [0.1, 0.15) is 12.2 Å². The SMILES string of the molecule is CCOc1cc(C2c3c(oc4ccc(Cl)cc4c3=O)C(=O)N2Cc2ccccc2)ccc1OCc1ccccc1. The van der Waals surface area contributed by atoms with Gasteiger partial charge < -0.3 is 18.8 Å². The molecular weight excluding hydrogens is 526 g/mol. The molecule has 1 atom stereocenters. The van der Waals surface area contributed by atoms with Gasteiger partial charge in [0.25, 0.3) is 5.91 Å². The zero-order chi connectivity index (χ0) is 27.6. The van der Waals surface area contributed by atoms with Crippen molar-refractivity contribution in [1.29, 1.82) is 0 Å². The highest BCUT2D eigenvalue weighted by Gasteiger charge is 2.43. The number of ether oxygens (including phenoxy) is 2. The second kappa shape index (κ2) is 10.9. The Labute approximate surface area is 236 Å². The minimum atomic E-state index is -0.690. The third-order valence-electron chi connectivity index (χ3n) is 6.94. The lowest BCUT2D eigenvalue weighted by Gasteiger charge is -2.26. The van der Waals surface area contributed by atoms with Crippen LogP contribution in [0.15, 0.2) is 106 Å². The predicted octanol–water partition coefficient (Wildman–Crippen LogP) is 7.17. The first kappa shape index (κ1) is 25.7. The number of carbonyl (C=O) groups excluding carboxylic acids is 1. The molecule has 0 aliphatic carbocycles. The molecule has 1 aliphatic rings. The van der Waals surface area contributed by atoms with E-state index in [1.54, 1.807) is 23.1 Å². The first-order chi connectivity index (χ1) is 19.5. The number of amides is 1. The van der Waals surface area contributed by atoms with Gasteiger partial charge in [0.2, 0.25) is 5.76 Å². The number of carbonyl (C=O) groups is 1.